The predicted octanol–water partition coefficient (Wildman–Crippen LogP) is 2.44. The molecule has 29 heavy (non-hydrogen) atoms. The molecule has 2 atom stereocenters. The third-order valence-corrected chi connectivity index (χ3v) is 7.76. The largest absolute Gasteiger partial charge is 0.390 e. The Morgan fingerprint density at radius 3 is 2.83 bits per heavy atom. The summed E-state index contributed by atoms with van der Waals surface area (Å²) in [6, 6.07) is 6.65. The van der Waals surface area contributed by atoms with E-state index >= 15 is 0 Å². The van der Waals surface area contributed by atoms with Gasteiger partial charge in [0, 0.05) is 18.1 Å². The number of benzene rings is 1. The molecule has 0 amide bonds. The maximum Gasteiger partial charge on any atom is 0.271 e. The van der Waals surface area contributed by atoms with Crippen LogP contribution >= 0.6 is 11.3 Å². The number of aliphatic hydroxyl groups is 1. The van der Waals surface area contributed by atoms with Gasteiger partial charge in [-0.1, -0.05) is 0 Å². The molecule has 1 aromatic carbocycles. The summed E-state index contributed by atoms with van der Waals surface area (Å²) in [6.45, 7) is 0.369. The number of halogens is 2. The van der Waals surface area contributed by atoms with Crippen molar-refractivity contribution in [1.82, 2.24) is 4.98 Å². The number of nitrogens with zero attached hydrogens (tertiary/aromatic N) is 1. The van der Waals surface area contributed by atoms with Crippen molar-refractivity contribution in [1.29, 1.82) is 0 Å². The summed E-state index contributed by atoms with van der Waals surface area (Å²) < 4.78 is 55.6. The minimum Gasteiger partial charge on any atom is -0.390 e. The van der Waals surface area contributed by atoms with E-state index in [-0.39, 0.29) is 28.2 Å². The highest BCUT2D eigenvalue weighted by Crippen LogP contribution is 2.33. The van der Waals surface area contributed by atoms with Gasteiger partial charge in [-0.05, 0) is 42.1 Å². The predicted molar refractivity (Wildman–Crippen MR) is 107 cm³/mol. The number of H-pyrrole nitrogens is 1. The summed E-state index contributed by atoms with van der Waals surface area (Å²) in [5.74, 6) is -0.811. The van der Waals surface area contributed by atoms with E-state index in [0.29, 0.717) is 16.9 Å². The average Bonchev–Trinajstić information content (AvgIpc) is 3.16. The third kappa shape index (κ3) is 3.85. The van der Waals surface area contributed by atoms with Crippen LogP contribution in [0.2, 0.25) is 0 Å². The molecule has 0 radical (unpaired) electrons. The fourth-order valence-electron chi connectivity index (χ4n) is 3.20. The zero-order valence-electron chi connectivity index (χ0n) is 14.9. The number of anilines is 2. The zero-order valence-corrected chi connectivity index (χ0v) is 16.6. The van der Waals surface area contributed by atoms with Gasteiger partial charge in [0.2, 0.25) is 0 Å². The number of sulfonamides is 1. The fourth-order valence-corrected chi connectivity index (χ4v) is 5.59. The van der Waals surface area contributed by atoms with E-state index in [1.807, 2.05) is 0 Å². The number of pyridine rings is 1. The number of hydrogen-bond acceptors (Lipinski definition) is 6. The monoisotopic (exact) mass is 441 g/mol. The molecule has 3 heterocycles. The zero-order chi connectivity index (χ0) is 20.8. The summed E-state index contributed by atoms with van der Waals surface area (Å²) >= 11 is 0.918. The second kappa shape index (κ2) is 7.39. The van der Waals surface area contributed by atoms with Gasteiger partial charge in [-0.2, -0.15) is 0 Å². The first-order valence-corrected chi connectivity index (χ1v) is 11.1. The lowest BCUT2D eigenvalue weighted by Crippen LogP contribution is -2.44. The molecular weight excluding hydrogens is 424 g/mol. The summed E-state index contributed by atoms with van der Waals surface area (Å²) in [5, 5.41) is 10.5. The van der Waals surface area contributed by atoms with Gasteiger partial charge in [0.1, 0.15) is 16.2 Å². The standard InChI is InChI=1S/C18H17F2N3O4S2/c19-12-7-10-3-5-21-18(25)11(10)8-14(12)22-29(26,27)17-2-1-16(28-17)23-6-4-15(24)13(20)9-23/h1-3,5,7-8,13,15,22,24H,4,6,9H2,(H,21,25). The Hall–Kier alpha value is -2.50. The lowest BCUT2D eigenvalue weighted by Gasteiger charge is -2.32. The van der Waals surface area contributed by atoms with Crippen molar-refractivity contribution in [2.45, 2.75) is 22.9 Å². The second-order valence-electron chi connectivity index (χ2n) is 6.74. The topological polar surface area (TPSA) is 102 Å². The molecule has 3 N–H and O–H groups in total. The summed E-state index contributed by atoms with van der Waals surface area (Å²) in [4.78, 5) is 16.0. The number of fused-ring (bicyclic) bond motifs is 1. The van der Waals surface area contributed by atoms with Crippen LogP contribution in [-0.4, -0.2) is 43.9 Å². The Kier molecular flexibility index (Phi) is 5.05. The first kappa shape index (κ1) is 19.8. The lowest BCUT2D eigenvalue weighted by atomic mass is 10.1. The Balaban J connectivity index is 1.61. The van der Waals surface area contributed by atoms with Crippen LogP contribution in [0.25, 0.3) is 10.8 Å². The molecule has 0 bridgehead atoms. The van der Waals surface area contributed by atoms with Crippen LogP contribution in [0.5, 0.6) is 0 Å². The van der Waals surface area contributed by atoms with E-state index in [1.54, 1.807) is 11.0 Å². The van der Waals surface area contributed by atoms with Crippen molar-refractivity contribution >= 4 is 42.8 Å². The molecule has 7 nitrogen and oxygen atoms in total. The summed E-state index contributed by atoms with van der Waals surface area (Å²) in [6.07, 6.45) is -0.803. The molecule has 2 aromatic heterocycles. The molecule has 3 aromatic rings. The van der Waals surface area contributed by atoms with Gasteiger partial charge in [-0.15, -0.1) is 11.3 Å². The van der Waals surface area contributed by atoms with Gasteiger partial charge in [0.05, 0.1) is 23.3 Å². The Labute approximate surface area is 168 Å². The maximum absolute atomic E-state index is 14.4. The van der Waals surface area contributed by atoms with E-state index in [4.69, 9.17) is 0 Å². The lowest BCUT2D eigenvalue weighted by molar-refractivity contribution is 0.0617. The van der Waals surface area contributed by atoms with Crippen LogP contribution < -0.4 is 15.2 Å². The molecule has 0 spiro atoms. The Morgan fingerprint density at radius 1 is 1.28 bits per heavy atom. The van der Waals surface area contributed by atoms with Gasteiger partial charge in [0.15, 0.2) is 0 Å². The average molecular weight is 441 g/mol. The fraction of sp³-hybridized carbons (Fsp3) is 0.278. The molecule has 1 aliphatic rings. The highest BCUT2D eigenvalue weighted by molar-refractivity contribution is 7.94. The summed E-state index contributed by atoms with van der Waals surface area (Å²) in [7, 11) is -4.11. The van der Waals surface area contributed by atoms with E-state index in [1.165, 1.54) is 18.3 Å². The first-order chi connectivity index (χ1) is 13.7. The smallest absolute Gasteiger partial charge is 0.271 e. The first-order valence-electron chi connectivity index (χ1n) is 8.75. The van der Waals surface area contributed by atoms with Crippen LogP contribution in [0, 0.1) is 5.82 Å². The van der Waals surface area contributed by atoms with Crippen molar-refractivity contribution in [3.63, 3.8) is 0 Å². The number of aromatic amines is 1. The number of aliphatic hydroxyl groups excluding tert-OH is 1. The maximum atomic E-state index is 14.4. The van der Waals surface area contributed by atoms with Gasteiger partial charge in [-0.25, -0.2) is 17.2 Å². The van der Waals surface area contributed by atoms with Gasteiger partial charge >= 0.3 is 0 Å². The van der Waals surface area contributed by atoms with E-state index in [9.17, 15) is 27.1 Å². The number of alkyl halides is 1. The number of rotatable bonds is 4. The number of thiophene rings is 1. The summed E-state index contributed by atoms with van der Waals surface area (Å²) in [5.41, 5.74) is -0.802. The van der Waals surface area contributed by atoms with Crippen molar-refractivity contribution in [2.75, 3.05) is 22.7 Å². The Bertz CT molecular complexity index is 1230. The second-order valence-corrected chi connectivity index (χ2v) is 9.71. The van der Waals surface area contributed by atoms with Crippen molar-refractivity contribution in [3.8, 4) is 0 Å². The van der Waals surface area contributed by atoms with Gasteiger partial charge < -0.3 is 15.0 Å². The van der Waals surface area contributed by atoms with Crippen LogP contribution in [0.4, 0.5) is 19.5 Å². The Morgan fingerprint density at radius 2 is 2.07 bits per heavy atom. The molecular formula is C18H17F2N3O4S2. The van der Waals surface area contributed by atoms with Gasteiger partial charge in [0.25, 0.3) is 15.6 Å². The molecule has 0 saturated carbocycles. The molecule has 1 fully saturated rings. The third-order valence-electron chi connectivity index (χ3n) is 4.76. The van der Waals surface area contributed by atoms with Crippen LogP contribution in [0.1, 0.15) is 6.42 Å². The van der Waals surface area contributed by atoms with Crippen LogP contribution in [0.3, 0.4) is 0 Å². The number of piperidine rings is 1. The minimum atomic E-state index is -4.11. The van der Waals surface area contributed by atoms with E-state index in [0.717, 1.165) is 23.5 Å². The van der Waals surface area contributed by atoms with Crippen molar-refractivity contribution in [3.05, 3.63) is 52.7 Å². The van der Waals surface area contributed by atoms with Crippen molar-refractivity contribution < 1.29 is 22.3 Å². The van der Waals surface area contributed by atoms with Crippen LogP contribution in [0.15, 0.2) is 45.5 Å². The molecule has 1 saturated heterocycles. The van der Waals surface area contributed by atoms with E-state index < -0.39 is 33.7 Å². The molecule has 4 rings (SSSR count). The normalized spacial score (nSPS) is 20.2. The molecule has 1 aliphatic heterocycles. The highest BCUT2D eigenvalue weighted by atomic mass is 32.2. The highest BCUT2D eigenvalue weighted by Gasteiger charge is 2.29. The quantitative estimate of drug-likeness (QED) is 0.577. The minimum absolute atomic E-state index is 0.0311. The van der Waals surface area contributed by atoms with Crippen molar-refractivity contribution in [2.24, 2.45) is 0 Å². The van der Waals surface area contributed by atoms with Crippen LogP contribution in [-0.2, 0) is 10.0 Å². The van der Waals surface area contributed by atoms with Gasteiger partial charge in [-0.3, -0.25) is 9.52 Å². The number of hydrogen-bond donors (Lipinski definition) is 3. The van der Waals surface area contributed by atoms with E-state index in [2.05, 4.69) is 9.71 Å². The molecule has 0 aliphatic carbocycles. The molecule has 2 unspecified atom stereocenters. The number of nitrogens with one attached hydrogen (secondary N) is 2. The molecule has 11 heteroatoms. The molecule has 154 valence electrons. The SMILES string of the molecule is O=c1[nH]ccc2cc(F)c(NS(=O)(=O)c3ccc(N4CCC(O)C(F)C4)s3)cc12. The number of aromatic nitrogens is 1.